The molecule has 0 aliphatic heterocycles. The summed E-state index contributed by atoms with van der Waals surface area (Å²) in [6, 6.07) is 5.93. The summed E-state index contributed by atoms with van der Waals surface area (Å²) in [6.45, 7) is 10.0. The van der Waals surface area contributed by atoms with Gasteiger partial charge in [0.15, 0.2) is 0 Å². The Labute approximate surface area is 107 Å². The molecule has 18 heavy (non-hydrogen) atoms. The van der Waals surface area contributed by atoms with E-state index in [-0.39, 0.29) is 5.63 Å². The first-order chi connectivity index (χ1) is 8.54. The summed E-state index contributed by atoms with van der Waals surface area (Å²) in [5.41, 5.74) is 3.96. The van der Waals surface area contributed by atoms with Crippen LogP contribution < -0.4 is 5.63 Å². The number of hydrogen-bond donors (Lipinski definition) is 0. The molecule has 2 aromatic rings. The van der Waals surface area contributed by atoms with Gasteiger partial charge in [0.25, 0.3) is 0 Å². The molecule has 0 fully saturated rings. The van der Waals surface area contributed by atoms with E-state index < -0.39 is 0 Å². The standard InChI is InChI=1S/C16H18O2/c1-5-6-11(3)15-12(4)13-8-7-10(2)9-14(13)18-16(15)17/h7-9H,3,5-6H2,1-2,4H3. The molecule has 2 rings (SSSR count). The molecule has 2 heteroatoms. The normalized spacial score (nSPS) is 10.8. The molecule has 0 unspecified atom stereocenters. The number of hydrogen-bond acceptors (Lipinski definition) is 2. The van der Waals surface area contributed by atoms with Gasteiger partial charge in [0.05, 0.1) is 5.56 Å². The number of aryl methyl sites for hydroxylation is 2. The third-order valence-corrected chi connectivity index (χ3v) is 3.23. The Balaban J connectivity index is 2.73. The molecule has 1 heterocycles. The molecule has 0 amide bonds. The SMILES string of the molecule is C=C(CCC)c1c(C)c2ccc(C)cc2oc1=O. The van der Waals surface area contributed by atoms with Gasteiger partial charge in [0, 0.05) is 5.39 Å². The largest absolute Gasteiger partial charge is 0.422 e. The van der Waals surface area contributed by atoms with Crippen LogP contribution in [0.4, 0.5) is 0 Å². The molecular weight excluding hydrogens is 224 g/mol. The molecule has 0 radical (unpaired) electrons. The Morgan fingerprint density at radius 2 is 2.06 bits per heavy atom. The van der Waals surface area contributed by atoms with Crippen LogP contribution >= 0.6 is 0 Å². The zero-order valence-corrected chi connectivity index (χ0v) is 11.2. The van der Waals surface area contributed by atoms with Crippen molar-refractivity contribution in [1.29, 1.82) is 0 Å². The maximum Gasteiger partial charge on any atom is 0.344 e. The van der Waals surface area contributed by atoms with Gasteiger partial charge in [-0.1, -0.05) is 32.1 Å². The first-order valence-electron chi connectivity index (χ1n) is 6.26. The van der Waals surface area contributed by atoms with Crippen LogP contribution in [-0.2, 0) is 0 Å². The lowest BCUT2D eigenvalue weighted by Crippen LogP contribution is -2.09. The highest BCUT2D eigenvalue weighted by atomic mass is 16.4. The van der Waals surface area contributed by atoms with Crippen molar-refractivity contribution >= 4 is 16.5 Å². The van der Waals surface area contributed by atoms with Crippen LogP contribution in [0.5, 0.6) is 0 Å². The van der Waals surface area contributed by atoms with Crippen molar-refractivity contribution in [2.24, 2.45) is 0 Å². The van der Waals surface area contributed by atoms with Gasteiger partial charge in [-0.3, -0.25) is 0 Å². The van der Waals surface area contributed by atoms with Crippen LogP contribution in [0.3, 0.4) is 0 Å². The molecule has 94 valence electrons. The Hall–Kier alpha value is -1.83. The van der Waals surface area contributed by atoms with E-state index in [2.05, 4.69) is 13.5 Å². The van der Waals surface area contributed by atoms with E-state index in [1.807, 2.05) is 32.0 Å². The maximum absolute atomic E-state index is 12.1. The molecule has 2 nitrogen and oxygen atoms in total. The fraction of sp³-hybridized carbons (Fsp3) is 0.312. The summed E-state index contributed by atoms with van der Waals surface area (Å²) >= 11 is 0. The molecule has 0 aliphatic carbocycles. The number of benzene rings is 1. The van der Waals surface area contributed by atoms with Crippen LogP contribution in [0, 0.1) is 13.8 Å². The van der Waals surface area contributed by atoms with E-state index in [4.69, 9.17) is 4.42 Å². The minimum Gasteiger partial charge on any atom is -0.422 e. The topological polar surface area (TPSA) is 30.2 Å². The highest BCUT2D eigenvalue weighted by Gasteiger charge is 2.13. The molecule has 1 aromatic heterocycles. The Bertz CT molecular complexity index is 663. The Morgan fingerprint density at radius 3 is 2.72 bits per heavy atom. The van der Waals surface area contributed by atoms with Gasteiger partial charge < -0.3 is 4.42 Å². The molecule has 0 atom stereocenters. The fourth-order valence-electron chi connectivity index (χ4n) is 2.30. The quantitative estimate of drug-likeness (QED) is 0.754. The minimum atomic E-state index is -0.274. The van der Waals surface area contributed by atoms with E-state index in [1.165, 1.54) is 0 Å². The molecule has 0 saturated heterocycles. The molecule has 0 bridgehead atoms. The second kappa shape index (κ2) is 4.81. The predicted octanol–water partition coefficient (Wildman–Crippen LogP) is 4.22. The van der Waals surface area contributed by atoms with E-state index >= 15 is 0 Å². The van der Waals surface area contributed by atoms with Crippen LogP contribution in [-0.4, -0.2) is 0 Å². The fourth-order valence-corrected chi connectivity index (χ4v) is 2.30. The number of allylic oxidation sites excluding steroid dienone is 1. The molecule has 0 saturated carbocycles. The first-order valence-corrected chi connectivity index (χ1v) is 6.26. The summed E-state index contributed by atoms with van der Waals surface area (Å²) in [7, 11) is 0. The third-order valence-electron chi connectivity index (χ3n) is 3.23. The van der Waals surface area contributed by atoms with Gasteiger partial charge in [0.2, 0.25) is 0 Å². The first kappa shape index (κ1) is 12.6. The highest BCUT2D eigenvalue weighted by molar-refractivity contribution is 5.85. The molecule has 0 spiro atoms. The maximum atomic E-state index is 12.1. The van der Waals surface area contributed by atoms with Gasteiger partial charge in [0.1, 0.15) is 5.58 Å². The van der Waals surface area contributed by atoms with Crippen molar-refractivity contribution in [2.45, 2.75) is 33.6 Å². The van der Waals surface area contributed by atoms with Crippen LogP contribution in [0.25, 0.3) is 16.5 Å². The zero-order valence-electron chi connectivity index (χ0n) is 11.2. The summed E-state index contributed by atoms with van der Waals surface area (Å²) < 4.78 is 5.41. The van der Waals surface area contributed by atoms with E-state index in [0.717, 1.165) is 34.9 Å². The molecule has 0 N–H and O–H groups in total. The zero-order chi connectivity index (χ0) is 13.3. The van der Waals surface area contributed by atoms with Gasteiger partial charge in [-0.25, -0.2) is 4.79 Å². The van der Waals surface area contributed by atoms with Crippen LogP contribution in [0.2, 0.25) is 0 Å². The Morgan fingerprint density at radius 1 is 1.33 bits per heavy atom. The van der Waals surface area contributed by atoms with Crippen molar-refractivity contribution in [3.63, 3.8) is 0 Å². The lowest BCUT2D eigenvalue weighted by atomic mass is 9.97. The van der Waals surface area contributed by atoms with Crippen molar-refractivity contribution in [3.05, 3.63) is 51.9 Å². The van der Waals surface area contributed by atoms with Crippen molar-refractivity contribution < 1.29 is 4.42 Å². The predicted molar refractivity (Wildman–Crippen MR) is 75.9 cm³/mol. The van der Waals surface area contributed by atoms with E-state index in [9.17, 15) is 4.79 Å². The smallest absolute Gasteiger partial charge is 0.344 e. The summed E-state index contributed by atoms with van der Waals surface area (Å²) in [4.78, 5) is 12.1. The van der Waals surface area contributed by atoms with E-state index in [1.54, 1.807) is 0 Å². The monoisotopic (exact) mass is 242 g/mol. The highest BCUT2D eigenvalue weighted by Crippen LogP contribution is 2.25. The van der Waals surface area contributed by atoms with Crippen molar-refractivity contribution in [3.8, 4) is 0 Å². The van der Waals surface area contributed by atoms with Crippen molar-refractivity contribution in [1.82, 2.24) is 0 Å². The van der Waals surface area contributed by atoms with Gasteiger partial charge in [-0.05, 0) is 43.0 Å². The van der Waals surface area contributed by atoms with Gasteiger partial charge in [-0.2, -0.15) is 0 Å². The minimum absolute atomic E-state index is 0.274. The third kappa shape index (κ3) is 2.10. The number of fused-ring (bicyclic) bond motifs is 1. The second-order valence-corrected chi connectivity index (χ2v) is 4.74. The Kier molecular flexibility index (Phi) is 3.37. The summed E-state index contributed by atoms with van der Waals surface area (Å²) in [5.74, 6) is 0. The number of rotatable bonds is 3. The summed E-state index contributed by atoms with van der Waals surface area (Å²) in [5, 5.41) is 0.993. The van der Waals surface area contributed by atoms with Gasteiger partial charge >= 0.3 is 5.63 Å². The van der Waals surface area contributed by atoms with Crippen LogP contribution in [0.15, 0.2) is 34.0 Å². The molecule has 0 aliphatic rings. The molecular formula is C16H18O2. The lowest BCUT2D eigenvalue weighted by molar-refractivity contribution is 0.556. The average molecular weight is 242 g/mol. The summed E-state index contributed by atoms with van der Waals surface area (Å²) in [6.07, 6.45) is 1.80. The van der Waals surface area contributed by atoms with Crippen molar-refractivity contribution in [2.75, 3.05) is 0 Å². The van der Waals surface area contributed by atoms with Crippen LogP contribution in [0.1, 0.15) is 36.5 Å². The molecule has 1 aromatic carbocycles. The average Bonchev–Trinajstić information content (AvgIpc) is 2.28. The van der Waals surface area contributed by atoms with E-state index in [0.29, 0.717) is 11.1 Å². The lowest BCUT2D eigenvalue weighted by Gasteiger charge is -2.09. The second-order valence-electron chi connectivity index (χ2n) is 4.74. The van der Waals surface area contributed by atoms with Gasteiger partial charge in [-0.15, -0.1) is 0 Å².